The van der Waals surface area contributed by atoms with E-state index >= 15 is 0 Å². The summed E-state index contributed by atoms with van der Waals surface area (Å²) in [5.74, 6) is 0.960. The smallest absolute Gasteiger partial charge is 0.125 e. The Morgan fingerprint density at radius 3 is 2.94 bits per heavy atom. The van der Waals surface area contributed by atoms with Gasteiger partial charge in [-0.15, -0.1) is 6.58 Å². The second-order valence-corrected chi connectivity index (χ2v) is 5.16. The fraction of sp³-hybridized carbons (Fsp3) is 0.467. The highest BCUT2D eigenvalue weighted by atomic mass is 79.9. The van der Waals surface area contributed by atoms with E-state index in [2.05, 4.69) is 53.8 Å². The van der Waals surface area contributed by atoms with E-state index in [9.17, 15) is 0 Å². The maximum Gasteiger partial charge on any atom is 0.125 e. The van der Waals surface area contributed by atoms with Gasteiger partial charge in [0.05, 0.1) is 6.61 Å². The summed E-state index contributed by atoms with van der Waals surface area (Å²) in [4.78, 5) is 0. The number of benzene rings is 1. The standard InChI is InChI=1S/C15H22BrNO/c1-4-6-7-10-18-15-11-13(16)8-9-14(15)12(3)17-5-2/h4,8-9,11-12,17H,1,5-7,10H2,2-3H3. The van der Waals surface area contributed by atoms with Crippen LogP contribution < -0.4 is 10.1 Å². The molecule has 1 atom stereocenters. The van der Waals surface area contributed by atoms with Crippen molar-refractivity contribution in [1.29, 1.82) is 0 Å². The minimum Gasteiger partial charge on any atom is -0.493 e. The quantitative estimate of drug-likeness (QED) is 0.565. The molecule has 1 rings (SSSR count). The molecule has 0 aromatic heterocycles. The number of nitrogens with one attached hydrogen (secondary N) is 1. The monoisotopic (exact) mass is 311 g/mol. The number of ether oxygens (including phenoxy) is 1. The largest absolute Gasteiger partial charge is 0.493 e. The van der Waals surface area contributed by atoms with Gasteiger partial charge in [-0.2, -0.15) is 0 Å². The van der Waals surface area contributed by atoms with Crippen molar-refractivity contribution in [1.82, 2.24) is 5.32 Å². The van der Waals surface area contributed by atoms with Crippen LogP contribution in [0.25, 0.3) is 0 Å². The number of unbranched alkanes of at least 4 members (excludes halogenated alkanes) is 1. The molecular weight excluding hydrogens is 290 g/mol. The first-order valence-electron chi connectivity index (χ1n) is 6.45. The second kappa shape index (κ2) is 8.33. The van der Waals surface area contributed by atoms with E-state index in [1.807, 2.05) is 12.1 Å². The molecule has 18 heavy (non-hydrogen) atoms. The summed E-state index contributed by atoms with van der Waals surface area (Å²) in [6, 6.07) is 6.51. The van der Waals surface area contributed by atoms with Crippen LogP contribution in [-0.4, -0.2) is 13.2 Å². The molecule has 0 heterocycles. The van der Waals surface area contributed by atoms with Gasteiger partial charge in [0.25, 0.3) is 0 Å². The lowest BCUT2D eigenvalue weighted by Crippen LogP contribution is -2.18. The van der Waals surface area contributed by atoms with Crippen LogP contribution in [0.5, 0.6) is 5.75 Å². The summed E-state index contributed by atoms with van der Waals surface area (Å²) in [6.45, 7) is 9.67. The molecule has 1 N–H and O–H groups in total. The van der Waals surface area contributed by atoms with Crippen molar-refractivity contribution < 1.29 is 4.74 Å². The fourth-order valence-corrected chi connectivity index (χ4v) is 2.16. The topological polar surface area (TPSA) is 21.3 Å². The van der Waals surface area contributed by atoms with E-state index < -0.39 is 0 Å². The Morgan fingerprint density at radius 1 is 1.50 bits per heavy atom. The van der Waals surface area contributed by atoms with Crippen LogP contribution in [0.4, 0.5) is 0 Å². The van der Waals surface area contributed by atoms with E-state index in [1.165, 1.54) is 5.56 Å². The summed E-state index contributed by atoms with van der Waals surface area (Å²) in [6.07, 6.45) is 3.92. The van der Waals surface area contributed by atoms with Crippen LogP contribution in [0, 0.1) is 0 Å². The molecule has 3 heteroatoms. The van der Waals surface area contributed by atoms with Crippen molar-refractivity contribution in [2.24, 2.45) is 0 Å². The fourth-order valence-electron chi connectivity index (χ4n) is 1.82. The highest BCUT2D eigenvalue weighted by molar-refractivity contribution is 9.10. The summed E-state index contributed by atoms with van der Waals surface area (Å²) in [7, 11) is 0. The lowest BCUT2D eigenvalue weighted by atomic mass is 10.1. The molecule has 1 aromatic rings. The predicted molar refractivity (Wildman–Crippen MR) is 81.2 cm³/mol. The molecule has 0 bridgehead atoms. The van der Waals surface area contributed by atoms with Crippen LogP contribution in [0.3, 0.4) is 0 Å². The number of allylic oxidation sites excluding steroid dienone is 1. The molecule has 0 aliphatic rings. The van der Waals surface area contributed by atoms with E-state index in [-0.39, 0.29) is 0 Å². The first-order valence-corrected chi connectivity index (χ1v) is 7.24. The maximum absolute atomic E-state index is 5.87. The average molecular weight is 312 g/mol. The Balaban J connectivity index is 2.73. The van der Waals surface area contributed by atoms with Gasteiger partial charge in [0.2, 0.25) is 0 Å². The SMILES string of the molecule is C=CCCCOc1cc(Br)ccc1C(C)NCC. The molecule has 1 aromatic carbocycles. The summed E-state index contributed by atoms with van der Waals surface area (Å²) < 4.78 is 6.92. The zero-order valence-electron chi connectivity index (χ0n) is 11.2. The molecule has 100 valence electrons. The molecule has 0 aliphatic carbocycles. The van der Waals surface area contributed by atoms with Gasteiger partial charge in [-0.3, -0.25) is 0 Å². The minimum atomic E-state index is 0.303. The highest BCUT2D eigenvalue weighted by Crippen LogP contribution is 2.28. The molecule has 0 fully saturated rings. The second-order valence-electron chi connectivity index (χ2n) is 4.24. The van der Waals surface area contributed by atoms with Crippen LogP contribution in [0.15, 0.2) is 35.3 Å². The van der Waals surface area contributed by atoms with E-state index in [0.717, 1.165) is 36.2 Å². The van der Waals surface area contributed by atoms with E-state index in [4.69, 9.17) is 4.74 Å². The summed E-state index contributed by atoms with van der Waals surface area (Å²) >= 11 is 3.49. The molecule has 0 aliphatic heterocycles. The first kappa shape index (κ1) is 15.3. The van der Waals surface area contributed by atoms with Crippen molar-refractivity contribution in [3.05, 3.63) is 40.9 Å². The predicted octanol–water partition coefficient (Wildman–Crippen LogP) is 4.46. The molecular formula is C15H22BrNO. The van der Waals surface area contributed by atoms with Crippen LogP contribution in [0.2, 0.25) is 0 Å². The third kappa shape index (κ3) is 4.83. The van der Waals surface area contributed by atoms with E-state index in [1.54, 1.807) is 0 Å². The number of hydrogen-bond donors (Lipinski definition) is 1. The third-order valence-electron chi connectivity index (χ3n) is 2.76. The highest BCUT2D eigenvalue weighted by Gasteiger charge is 2.11. The van der Waals surface area contributed by atoms with Gasteiger partial charge < -0.3 is 10.1 Å². The Bertz CT molecular complexity index is 379. The third-order valence-corrected chi connectivity index (χ3v) is 3.26. The van der Waals surface area contributed by atoms with Crippen LogP contribution in [0.1, 0.15) is 38.3 Å². The van der Waals surface area contributed by atoms with Crippen LogP contribution in [-0.2, 0) is 0 Å². The molecule has 0 saturated carbocycles. The Labute approximate surface area is 119 Å². The summed E-state index contributed by atoms with van der Waals surface area (Å²) in [5.41, 5.74) is 1.21. The van der Waals surface area contributed by atoms with Gasteiger partial charge >= 0.3 is 0 Å². The number of hydrogen-bond acceptors (Lipinski definition) is 2. The molecule has 1 unspecified atom stereocenters. The van der Waals surface area contributed by atoms with Gasteiger partial charge in [0, 0.05) is 16.1 Å². The molecule has 2 nitrogen and oxygen atoms in total. The maximum atomic E-state index is 5.87. The van der Waals surface area contributed by atoms with Crippen molar-refractivity contribution >= 4 is 15.9 Å². The van der Waals surface area contributed by atoms with Crippen molar-refractivity contribution in [2.75, 3.05) is 13.2 Å². The van der Waals surface area contributed by atoms with Gasteiger partial charge in [0.15, 0.2) is 0 Å². The number of rotatable bonds is 8. The molecule has 0 saturated heterocycles. The molecule has 0 radical (unpaired) electrons. The first-order chi connectivity index (χ1) is 8.69. The van der Waals surface area contributed by atoms with Gasteiger partial charge in [-0.25, -0.2) is 0 Å². The van der Waals surface area contributed by atoms with Crippen LogP contribution >= 0.6 is 15.9 Å². The van der Waals surface area contributed by atoms with Gasteiger partial charge in [-0.1, -0.05) is 35.0 Å². The Hall–Kier alpha value is -0.800. The normalized spacial score (nSPS) is 12.2. The van der Waals surface area contributed by atoms with Crippen molar-refractivity contribution in [3.8, 4) is 5.75 Å². The zero-order chi connectivity index (χ0) is 13.4. The van der Waals surface area contributed by atoms with Gasteiger partial charge in [0.1, 0.15) is 5.75 Å². The van der Waals surface area contributed by atoms with Gasteiger partial charge in [-0.05, 0) is 38.4 Å². The molecule has 0 spiro atoms. The van der Waals surface area contributed by atoms with Crippen molar-refractivity contribution in [3.63, 3.8) is 0 Å². The lowest BCUT2D eigenvalue weighted by Gasteiger charge is -2.18. The Morgan fingerprint density at radius 2 is 2.28 bits per heavy atom. The van der Waals surface area contributed by atoms with E-state index in [0.29, 0.717) is 6.04 Å². The average Bonchev–Trinajstić information content (AvgIpc) is 2.35. The minimum absolute atomic E-state index is 0.303. The molecule has 0 amide bonds. The van der Waals surface area contributed by atoms with Crippen molar-refractivity contribution in [2.45, 2.75) is 32.7 Å². The zero-order valence-corrected chi connectivity index (χ0v) is 12.8. The Kier molecular flexibility index (Phi) is 7.06. The lowest BCUT2D eigenvalue weighted by molar-refractivity contribution is 0.306. The summed E-state index contributed by atoms with van der Waals surface area (Å²) in [5, 5.41) is 3.41. The number of halogens is 1.